The lowest BCUT2D eigenvalue weighted by Crippen LogP contribution is -2.12. The minimum Gasteiger partial charge on any atom is -0.469 e. The van der Waals surface area contributed by atoms with Gasteiger partial charge in [0.05, 0.1) is 10.9 Å². The molecule has 0 bridgehead atoms. The van der Waals surface area contributed by atoms with Crippen LogP contribution in [0.4, 0.5) is 0 Å². The SMILES string of the molecule is O=C(COc1ncnc2ccccc12)c1ccc2c(c1)OCO2. The van der Waals surface area contributed by atoms with Gasteiger partial charge in [-0.05, 0) is 30.3 Å². The molecule has 3 aromatic rings. The van der Waals surface area contributed by atoms with E-state index in [9.17, 15) is 4.79 Å². The van der Waals surface area contributed by atoms with E-state index in [4.69, 9.17) is 14.2 Å². The quantitative estimate of drug-likeness (QED) is 0.690. The number of Topliss-reactive ketones (excluding diaryl/α,β-unsaturated/α-hetero) is 1. The molecule has 0 fully saturated rings. The number of rotatable bonds is 4. The van der Waals surface area contributed by atoms with E-state index in [1.807, 2.05) is 24.3 Å². The first-order valence-corrected chi connectivity index (χ1v) is 7.07. The first-order valence-electron chi connectivity index (χ1n) is 7.07. The average Bonchev–Trinajstić information content (AvgIpc) is 3.07. The largest absolute Gasteiger partial charge is 0.469 e. The molecule has 0 spiro atoms. The average molecular weight is 308 g/mol. The number of carbonyl (C=O) groups excluding carboxylic acids is 1. The van der Waals surface area contributed by atoms with Crippen LogP contribution in [0.2, 0.25) is 0 Å². The van der Waals surface area contributed by atoms with E-state index in [0.717, 1.165) is 10.9 Å². The fraction of sp³-hybridized carbons (Fsp3) is 0.118. The summed E-state index contributed by atoms with van der Waals surface area (Å²) in [6, 6.07) is 12.5. The summed E-state index contributed by atoms with van der Waals surface area (Å²) >= 11 is 0. The topological polar surface area (TPSA) is 70.5 Å². The summed E-state index contributed by atoms with van der Waals surface area (Å²) in [6.45, 7) is 0.0665. The van der Waals surface area contributed by atoms with Crippen molar-refractivity contribution in [1.82, 2.24) is 9.97 Å². The number of carbonyl (C=O) groups is 1. The first-order chi connectivity index (χ1) is 11.3. The third kappa shape index (κ3) is 2.55. The maximum atomic E-state index is 12.3. The van der Waals surface area contributed by atoms with Crippen LogP contribution in [0.5, 0.6) is 17.4 Å². The fourth-order valence-corrected chi connectivity index (χ4v) is 2.38. The summed E-state index contributed by atoms with van der Waals surface area (Å²) in [5.41, 5.74) is 1.28. The van der Waals surface area contributed by atoms with Crippen molar-refractivity contribution in [2.75, 3.05) is 13.4 Å². The van der Waals surface area contributed by atoms with Gasteiger partial charge in [-0.15, -0.1) is 0 Å². The Morgan fingerprint density at radius 2 is 1.96 bits per heavy atom. The number of ketones is 1. The maximum Gasteiger partial charge on any atom is 0.231 e. The molecule has 0 radical (unpaired) electrons. The van der Waals surface area contributed by atoms with Crippen molar-refractivity contribution in [3.63, 3.8) is 0 Å². The zero-order valence-electron chi connectivity index (χ0n) is 12.1. The lowest BCUT2D eigenvalue weighted by atomic mass is 10.1. The highest BCUT2D eigenvalue weighted by Crippen LogP contribution is 2.32. The van der Waals surface area contributed by atoms with Crippen LogP contribution in [0.3, 0.4) is 0 Å². The van der Waals surface area contributed by atoms with E-state index in [2.05, 4.69) is 9.97 Å². The zero-order chi connectivity index (χ0) is 15.6. The number of hydrogen-bond acceptors (Lipinski definition) is 6. The van der Waals surface area contributed by atoms with Gasteiger partial charge >= 0.3 is 0 Å². The van der Waals surface area contributed by atoms with Gasteiger partial charge < -0.3 is 14.2 Å². The molecule has 114 valence electrons. The Morgan fingerprint density at radius 1 is 1.09 bits per heavy atom. The van der Waals surface area contributed by atoms with Gasteiger partial charge in [-0.1, -0.05) is 12.1 Å². The smallest absolute Gasteiger partial charge is 0.231 e. The van der Waals surface area contributed by atoms with Crippen LogP contribution in [0.15, 0.2) is 48.8 Å². The molecular formula is C17H12N2O4. The summed E-state index contributed by atoms with van der Waals surface area (Å²) in [4.78, 5) is 20.5. The van der Waals surface area contributed by atoms with Gasteiger partial charge in [0, 0.05) is 5.56 Å². The van der Waals surface area contributed by atoms with E-state index < -0.39 is 0 Å². The second kappa shape index (κ2) is 5.57. The molecule has 1 aliphatic rings. The van der Waals surface area contributed by atoms with Crippen LogP contribution in [-0.2, 0) is 0 Å². The minimum absolute atomic E-state index is 0.110. The van der Waals surface area contributed by atoms with Crippen LogP contribution >= 0.6 is 0 Å². The standard InChI is InChI=1S/C17H12N2O4/c20-14(11-5-6-15-16(7-11)23-10-22-15)8-21-17-12-3-1-2-4-13(12)18-9-19-17/h1-7,9H,8,10H2. The van der Waals surface area contributed by atoms with Gasteiger partial charge in [0.25, 0.3) is 0 Å². The Hall–Kier alpha value is -3.15. The number of nitrogens with zero attached hydrogens (tertiary/aromatic N) is 2. The number of ether oxygens (including phenoxy) is 3. The third-order valence-electron chi connectivity index (χ3n) is 3.54. The van der Waals surface area contributed by atoms with Crippen molar-refractivity contribution in [2.24, 2.45) is 0 Å². The van der Waals surface area contributed by atoms with Crippen LogP contribution in [-0.4, -0.2) is 29.2 Å². The molecule has 0 saturated heterocycles. The van der Waals surface area contributed by atoms with Crippen LogP contribution < -0.4 is 14.2 Å². The highest BCUT2D eigenvalue weighted by molar-refractivity contribution is 5.98. The normalized spacial score (nSPS) is 12.3. The molecule has 0 N–H and O–H groups in total. The van der Waals surface area contributed by atoms with Crippen LogP contribution in [0, 0.1) is 0 Å². The summed E-state index contributed by atoms with van der Waals surface area (Å²) in [5, 5.41) is 0.772. The second-order valence-corrected chi connectivity index (χ2v) is 4.98. The Labute approximate surface area is 131 Å². The molecule has 6 heteroatoms. The van der Waals surface area contributed by atoms with Gasteiger partial charge in [-0.25, -0.2) is 9.97 Å². The predicted octanol–water partition coefficient (Wildman–Crippen LogP) is 2.62. The highest BCUT2D eigenvalue weighted by atomic mass is 16.7. The molecule has 2 heterocycles. The zero-order valence-corrected chi connectivity index (χ0v) is 12.1. The van der Waals surface area contributed by atoms with Crippen molar-refractivity contribution < 1.29 is 19.0 Å². The summed E-state index contributed by atoms with van der Waals surface area (Å²) in [5.74, 6) is 1.45. The molecule has 0 saturated carbocycles. The monoisotopic (exact) mass is 308 g/mol. The molecular weight excluding hydrogens is 296 g/mol. The summed E-state index contributed by atoms with van der Waals surface area (Å²) in [7, 11) is 0. The van der Waals surface area contributed by atoms with Crippen molar-refractivity contribution in [3.05, 3.63) is 54.4 Å². The van der Waals surface area contributed by atoms with Gasteiger partial charge in [0.15, 0.2) is 23.9 Å². The van der Waals surface area contributed by atoms with Crippen LogP contribution in [0.25, 0.3) is 10.9 Å². The molecule has 0 amide bonds. The molecule has 0 unspecified atom stereocenters. The Balaban J connectivity index is 1.53. The van der Waals surface area contributed by atoms with Crippen molar-refractivity contribution in [1.29, 1.82) is 0 Å². The molecule has 6 nitrogen and oxygen atoms in total. The second-order valence-electron chi connectivity index (χ2n) is 4.98. The minimum atomic E-state index is -0.161. The Bertz CT molecular complexity index is 889. The number of benzene rings is 2. The van der Waals surface area contributed by atoms with E-state index >= 15 is 0 Å². The summed E-state index contributed by atoms with van der Waals surface area (Å²) < 4.78 is 16.1. The first kappa shape index (κ1) is 13.5. The lowest BCUT2D eigenvalue weighted by Gasteiger charge is -2.07. The molecule has 1 aliphatic heterocycles. The van der Waals surface area contributed by atoms with E-state index in [-0.39, 0.29) is 19.2 Å². The molecule has 4 rings (SSSR count). The Kier molecular flexibility index (Phi) is 3.27. The van der Waals surface area contributed by atoms with Gasteiger partial charge in [0.1, 0.15) is 6.33 Å². The van der Waals surface area contributed by atoms with Crippen LogP contribution in [0.1, 0.15) is 10.4 Å². The van der Waals surface area contributed by atoms with Gasteiger partial charge in [-0.2, -0.15) is 0 Å². The molecule has 23 heavy (non-hydrogen) atoms. The summed E-state index contributed by atoms with van der Waals surface area (Å²) in [6.07, 6.45) is 1.42. The van der Waals surface area contributed by atoms with E-state index in [1.165, 1.54) is 6.33 Å². The lowest BCUT2D eigenvalue weighted by molar-refractivity contribution is 0.0919. The van der Waals surface area contributed by atoms with Gasteiger partial charge in [0.2, 0.25) is 12.7 Å². The van der Waals surface area contributed by atoms with Crippen molar-refractivity contribution >= 4 is 16.7 Å². The predicted molar refractivity (Wildman–Crippen MR) is 81.9 cm³/mol. The molecule has 0 atom stereocenters. The van der Waals surface area contributed by atoms with Gasteiger partial charge in [-0.3, -0.25) is 4.79 Å². The number of para-hydroxylation sites is 1. The maximum absolute atomic E-state index is 12.3. The van der Waals surface area contributed by atoms with Crippen molar-refractivity contribution in [2.45, 2.75) is 0 Å². The van der Waals surface area contributed by atoms with E-state index in [1.54, 1.807) is 18.2 Å². The molecule has 0 aliphatic carbocycles. The number of fused-ring (bicyclic) bond motifs is 2. The molecule has 1 aromatic heterocycles. The third-order valence-corrected chi connectivity index (χ3v) is 3.54. The fourth-order valence-electron chi connectivity index (χ4n) is 2.38. The van der Waals surface area contributed by atoms with Crippen molar-refractivity contribution in [3.8, 4) is 17.4 Å². The molecule has 2 aromatic carbocycles. The Morgan fingerprint density at radius 3 is 2.91 bits per heavy atom. The highest BCUT2D eigenvalue weighted by Gasteiger charge is 2.17. The number of aromatic nitrogens is 2. The number of hydrogen-bond donors (Lipinski definition) is 0. The van der Waals surface area contributed by atoms with E-state index in [0.29, 0.717) is 22.9 Å².